The van der Waals surface area contributed by atoms with Gasteiger partial charge in [0.05, 0.1) is 11.1 Å². The molecule has 1 heterocycles. The number of hydrazine groups is 1. The summed E-state index contributed by atoms with van der Waals surface area (Å²) in [5.74, 6) is -2.68. The number of hydrogen-bond acceptors (Lipinski definition) is 5. The Morgan fingerprint density at radius 2 is 1.57 bits per heavy atom. The van der Waals surface area contributed by atoms with E-state index in [1.165, 1.54) is 0 Å². The van der Waals surface area contributed by atoms with Crippen molar-refractivity contribution in [1.82, 2.24) is 30.9 Å². The zero-order chi connectivity index (χ0) is 26.6. The first kappa shape index (κ1) is 27.1. The number of benzene rings is 1. The third-order valence-corrected chi connectivity index (χ3v) is 4.27. The molecule has 0 spiro atoms. The molecule has 0 aliphatic rings. The summed E-state index contributed by atoms with van der Waals surface area (Å²) in [5.41, 5.74) is 0.347. The third-order valence-electron chi connectivity index (χ3n) is 4.27. The van der Waals surface area contributed by atoms with Crippen molar-refractivity contribution in [1.29, 1.82) is 0 Å². The highest BCUT2D eigenvalue weighted by molar-refractivity contribution is 5.93. The van der Waals surface area contributed by atoms with Gasteiger partial charge in [-0.2, -0.15) is 26.3 Å². The van der Waals surface area contributed by atoms with E-state index in [1.807, 2.05) is 16.2 Å². The van der Waals surface area contributed by atoms with Crippen LogP contribution in [-0.2, 0) is 21.9 Å². The lowest BCUT2D eigenvalue weighted by atomic mass is 10.0. The molecule has 3 amide bonds. The van der Waals surface area contributed by atoms with Gasteiger partial charge in [0.15, 0.2) is 5.82 Å². The summed E-state index contributed by atoms with van der Waals surface area (Å²) in [6.07, 6.45) is -8.83. The maximum absolute atomic E-state index is 13.0. The molecule has 4 N–H and O–H groups in total. The van der Waals surface area contributed by atoms with E-state index >= 15 is 0 Å². The van der Waals surface area contributed by atoms with E-state index in [9.17, 15) is 40.7 Å². The Kier molecular flexibility index (Phi) is 8.09. The number of carbonyl (C=O) groups is 3. The van der Waals surface area contributed by atoms with Crippen molar-refractivity contribution in [3.63, 3.8) is 0 Å². The molecule has 1 aromatic heterocycles. The minimum absolute atomic E-state index is 0.0329. The Morgan fingerprint density at radius 1 is 1.00 bits per heavy atom. The fourth-order valence-corrected chi connectivity index (χ4v) is 2.62. The lowest BCUT2D eigenvalue weighted by molar-refractivity contribution is -0.143. The fraction of sp³-hybridized carbons (Fsp3) is 0.316. The van der Waals surface area contributed by atoms with Crippen molar-refractivity contribution in [3.8, 4) is 11.4 Å². The average molecular weight is 508 g/mol. The van der Waals surface area contributed by atoms with E-state index in [1.54, 1.807) is 13.8 Å². The minimum atomic E-state index is -5.05. The number of alkyl halides is 6. The van der Waals surface area contributed by atoms with E-state index in [-0.39, 0.29) is 6.07 Å². The van der Waals surface area contributed by atoms with Gasteiger partial charge < -0.3 is 10.4 Å². The van der Waals surface area contributed by atoms with Crippen LogP contribution in [0.3, 0.4) is 0 Å². The predicted molar refractivity (Wildman–Crippen MR) is 107 cm³/mol. The fourth-order valence-electron chi connectivity index (χ4n) is 2.62. The van der Waals surface area contributed by atoms with Gasteiger partial charge in [-0.15, -0.1) is 5.10 Å². The summed E-state index contributed by atoms with van der Waals surface area (Å²) < 4.78 is 79.0. The number of hydrogen-bond donors (Lipinski definition) is 4. The molecule has 0 saturated carbocycles. The molecule has 0 aliphatic carbocycles. The van der Waals surface area contributed by atoms with E-state index in [4.69, 9.17) is 5.11 Å². The van der Waals surface area contributed by atoms with Crippen LogP contribution in [0.5, 0.6) is 0 Å². The molecule has 190 valence electrons. The van der Waals surface area contributed by atoms with Gasteiger partial charge in [-0.1, -0.05) is 13.8 Å². The van der Waals surface area contributed by atoms with Crippen LogP contribution < -0.4 is 16.2 Å². The highest BCUT2D eigenvalue weighted by atomic mass is 19.4. The van der Waals surface area contributed by atoms with Crippen molar-refractivity contribution < 1.29 is 45.8 Å². The number of nitrogens with zero attached hydrogens (tertiary/aromatic N) is 3. The molecule has 2 rings (SSSR count). The predicted octanol–water partition coefficient (Wildman–Crippen LogP) is 2.89. The summed E-state index contributed by atoms with van der Waals surface area (Å²) in [4.78, 5) is 38.2. The number of halogens is 6. The third kappa shape index (κ3) is 7.72. The van der Waals surface area contributed by atoms with Crippen LogP contribution in [0, 0.1) is 5.92 Å². The highest BCUT2D eigenvalue weighted by Crippen LogP contribution is 2.38. The van der Waals surface area contributed by atoms with Crippen molar-refractivity contribution in [2.45, 2.75) is 32.2 Å². The van der Waals surface area contributed by atoms with Gasteiger partial charge in [0.2, 0.25) is 0 Å². The summed E-state index contributed by atoms with van der Waals surface area (Å²) >= 11 is 0. The first-order valence-electron chi connectivity index (χ1n) is 9.56. The standard InChI is InChI=1S/C19H18F6N6O4/c1-9(2)14(27-17(34)35)16(33)29-28-13(32)3-4-31-8-26-15(30-31)10-5-11(18(20,21)22)7-12(6-10)19(23,24)25/h3-9,14,27H,1-2H3,(H,28,32)(H,29,33)(H,34,35)/b4-3+. The van der Waals surface area contributed by atoms with Gasteiger partial charge in [-0.05, 0) is 24.1 Å². The summed E-state index contributed by atoms with van der Waals surface area (Å²) in [5, 5.41) is 14.4. The number of rotatable bonds is 6. The van der Waals surface area contributed by atoms with Crippen LogP contribution in [0.4, 0.5) is 31.1 Å². The molecule has 1 aromatic carbocycles. The number of carboxylic acid groups (broad SMARTS) is 1. The molecule has 0 saturated heterocycles. The minimum Gasteiger partial charge on any atom is -0.465 e. The van der Waals surface area contributed by atoms with Crippen LogP contribution in [0.1, 0.15) is 25.0 Å². The summed E-state index contributed by atoms with van der Waals surface area (Å²) in [7, 11) is 0. The van der Waals surface area contributed by atoms with Gasteiger partial charge in [0.1, 0.15) is 12.4 Å². The van der Waals surface area contributed by atoms with Crippen molar-refractivity contribution in [2.75, 3.05) is 0 Å². The van der Waals surface area contributed by atoms with Crippen molar-refractivity contribution in [2.24, 2.45) is 5.92 Å². The zero-order valence-corrected chi connectivity index (χ0v) is 17.9. The summed E-state index contributed by atoms with van der Waals surface area (Å²) in [6.45, 7) is 3.12. The van der Waals surface area contributed by atoms with E-state index in [0.29, 0.717) is 12.1 Å². The van der Waals surface area contributed by atoms with E-state index in [2.05, 4.69) is 10.1 Å². The van der Waals surface area contributed by atoms with Crippen LogP contribution in [0.15, 0.2) is 30.6 Å². The number of carbonyl (C=O) groups excluding carboxylic acids is 2. The molecule has 0 bridgehead atoms. The van der Waals surface area contributed by atoms with Gasteiger partial charge in [0, 0.05) is 17.8 Å². The molecule has 0 radical (unpaired) electrons. The summed E-state index contributed by atoms with van der Waals surface area (Å²) in [6, 6.07) is -0.285. The maximum atomic E-state index is 13.0. The molecule has 1 atom stereocenters. The second kappa shape index (κ2) is 10.4. The number of aromatic nitrogens is 3. The Labute approximate surface area is 193 Å². The van der Waals surface area contributed by atoms with Crippen molar-refractivity contribution >= 4 is 24.1 Å². The van der Waals surface area contributed by atoms with Crippen molar-refractivity contribution in [3.05, 3.63) is 41.7 Å². The molecule has 16 heteroatoms. The molecular weight excluding hydrogens is 490 g/mol. The number of nitrogens with one attached hydrogen (secondary N) is 3. The van der Waals surface area contributed by atoms with Crippen LogP contribution in [-0.4, -0.2) is 43.8 Å². The molecule has 35 heavy (non-hydrogen) atoms. The molecule has 1 unspecified atom stereocenters. The van der Waals surface area contributed by atoms with Gasteiger partial charge >= 0.3 is 18.4 Å². The van der Waals surface area contributed by atoms with Gasteiger partial charge in [-0.25, -0.2) is 14.5 Å². The topological polar surface area (TPSA) is 138 Å². The molecule has 10 nitrogen and oxygen atoms in total. The lowest BCUT2D eigenvalue weighted by Gasteiger charge is -2.19. The Bertz CT molecular complexity index is 1090. The van der Waals surface area contributed by atoms with Gasteiger partial charge in [0.25, 0.3) is 11.8 Å². The van der Waals surface area contributed by atoms with Gasteiger partial charge in [-0.3, -0.25) is 20.4 Å². The molecule has 2 aromatic rings. The Morgan fingerprint density at radius 3 is 2.06 bits per heavy atom. The normalized spacial score (nSPS) is 13.1. The largest absolute Gasteiger partial charge is 0.465 e. The quantitative estimate of drug-likeness (QED) is 0.269. The first-order valence-corrected chi connectivity index (χ1v) is 9.56. The maximum Gasteiger partial charge on any atom is 0.416 e. The van der Waals surface area contributed by atoms with E-state index in [0.717, 1.165) is 23.3 Å². The lowest BCUT2D eigenvalue weighted by Crippen LogP contribution is -2.53. The molecule has 0 aliphatic heterocycles. The highest BCUT2D eigenvalue weighted by Gasteiger charge is 2.37. The van der Waals surface area contributed by atoms with Crippen LogP contribution >= 0.6 is 0 Å². The zero-order valence-electron chi connectivity index (χ0n) is 17.9. The molecule has 0 fully saturated rings. The smallest absolute Gasteiger partial charge is 0.416 e. The average Bonchev–Trinajstić information content (AvgIpc) is 3.21. The van der Waals surface area contributed by atoms with Crippen LogP contribution in [0.25, 0.3) is 17.6 Å². The Balaban J connectivity index is 2.13. The Hall–Kier alpha value is -4.11. The second-order valence-corrected chi connectivity index (χ2v) is 7.31. The second-order valence-electron chi connectivity index (χ2n) is 7.31. The monoisotopic (exact) mass is 508 g/mol. The first-order chi connectivity index (χ1) is 16.1. The molecular formula is C19H18F6N6O4. The SMILES string of the molecule is CC(C)C(NC(=O)O)C(=O)NNC(=O)/C=C/n1cnc(-c2cc(C(F)(F)F)cc(C(F)(F)F)c2)n1. The van der Waals surface area contributed by atoms with E-state index < -0.39 is 64.7 Å². The van der Waals surface area contributed by atoms with Crippen LogP contribution in [0.2, 0.25) is 0 Å². The number of amides is 3.